The van der Waals surface area contributed by atoms with E-state index < -0.39 is 20.0 Å². The number of aliphatic hydroxyl groups is 1. The highest BCUT2D eigenvalue weighted by atomic mass is 28.4. The van der Waals surface area contributed by atoms with Gasteiger partial charge in [0.25, 0.3) is 5.91 Å². The molecule has 2 fully saturated rings. The van der Waals surface area contributed by atoms with Gasteiger partial charge in [0.2, 0.25) is 11.8 Å². The molecule has 4 aliphatic heterocycles. The van der Waals surface area contributed by atoms with Gasteiger partial charge in [-0.25, -0.2) is 0 Å². The molecule has 0 aliphatic carbocycles. The van der Waals surface area contributed by atoms with Crippen molar-refractivity contribution < 1.29 is 29.0 Å². The molecule has 0 radical (unpaired) electrons. The average molecular weight is 654 g/mol. The standard InChI is InChI=1S/C37H43N3O6Si/c1-24-35(47(2,3)45)32(20-34(43)39-22-27-10-5-4-9-26(27)19-29(39)23-41)46-37(24)30-11-6-7-12-31(30)40(36(37)44)21-25-14-16-28(17-15-25)38-18-8-13-33(38)42/h4-7,9-12,14-17,24,29,32,35,41,45H,8,13,18-23H2,1-3H3/t24-,29+,32+,35-,37+/m1/s1. The summed E-state index contributed by atoms with van der Waals surface area (Å²) >= 11 is 0. The third-order valence-electron chi connectivity index (χ3n) is 10.8. The Morgan fingerprint density at radius 2 is 1.70 bits per heavy atom. The summed E-state index contributed by atoms with van der Waals surface area (Å²) in [6.07, 6.45) is 1.34. The molecule has 2 N–H and O–H groups in total. The number of para-hydroxylation sites is 1. The fraction of sp³-hybridized carbons (Fsp3) is 0.432. The first kappa shape index (κ1) is 31.8. The van der Waals surface area contributed by atoms with E-state index in [2.05, 4.69) is 0 Å². The fourth-order valence-electron chi connectivity index (χ4n) is 8.61. The Labute approximate surface area is 276 Å². The highest BCUT2D eigenvalue weighted by Gasteiger charge is 2.66. The minimum Gasteiger partial charge on any atom is -0.432 e. The van der Waals surface area contributed by atoms with Crippen molar-refractivity contribution in [1.29, 1.82) is 0 Å². The number of ether oxygens (including phenoxy) is 1. The van der Waals surface area contributed by atoms with Gasteiger partial charge in [0, 0.05) is 42.2 Å². The van der Waals surface area contributed by atoms with Gasteiger partial charge in [-0.15, -0.1) is 0 Å². The predicted octanol–water partition coefficient (Wildman–Crippen LogP) is 4.49. The molecule has 9 nitrogen and oxygen atoms in total. The monoisotopic (exact) mass is 653 g/mol. The lowest BCUT2D eigenvalue weighted by molar-refractivity contribution is -0.151. The van der Waals surface area contributed by atoms with E-state index in [4.69, 9.17) is 4.74 Å². The summed E-state index contributed by atoms with van der Waals surface area (Å²) in [7, 11) is -2.96. The number of carbonyl (C=O) groups is 3. The predicted molar refractivity (Wildman–Crippen MR) is 181 cm³/mol. The molecule has 1 spiro atoms. The number of anilines is 2. The van der Waals surface area contributed by atoms with Gasteiger partial charge in [-0.05, 0) is 60.8 Å². The summed E-state index contributed by atoms with van der Waals surface area (Å²) in [6, 6.07) is 23.1. The molecule has 246 valence electrons. The number of fused-ring (bicyclic) bond motifs is 3. The molecule has 3 amide bonds. The maximum atomic E-state index is 14.7. The Hall–Kier alpha value is -3.83. The van der Waals surface area contributed by atoms with Crippen LogP contribution in [-0.2, 0) is 44.2 Å². The van der Waals surface area contributed by atoms with Gasteiger partial charge in [-0.2, -0.15) is 0 Å². The molecule has 0 aromatic heterocycles. The van der Waals surface area contributed by atoms with E-state index in [1.165, 1.54) is 0 Å². The van der Waals surface area contributed by atoms with Gasteiger partial charge in [0.05, 0.1) is 37.4 Å². The first-order valence-corrected chi connectivity index (χ1v) is 19.7. The second-order valence-electron chi connectivity index (χ2n) is 14.1. The van der Waals surface area contributed by atoms with Crippen molar-refractivity contribution in [2.75, 3.05) is 23.0 Å². The van der Waals surface area contributed by atoms with Crippen LogP contribution in [0.4, 0.5) is 11.4 Å². The number of hydrogen-bond acceptors (Lipinski definition) is 6. The highest BCUT2D eigenvalue weighted by molar-refractivity contribution is 6.71. The number of benzene rings is 3. The second kappa shape index (κ2) is 12.0. The number of carbonyl (C=O) groups excluding carboxylic acids is 3. The van der Waals surface area contributed by atoms with Crippen molar-refractivity contribution >= 4 is 37.4 Å². The first-order valence-electron chi connectivity index (χ1n) is 16.7. The van der Waals surface area contributed by atoms with Crippen LogP contribution in [0.2, 0.25) is 18.6 Å². The van der Waals surface area contributed by atoms with E-state index in [9.17, 15) is 24.3 Å². The van der Waals surface area contributed by atoms with E-state index in [0.717, 1.165) is 46.6 Å². The zero-order valence-electron chi connectivity index (χ0n) is 27.3. The van der Waals surface area contributed by atoms with Crippen LogP contribution in [-0.4, -0.2) is 66.1 Å². The summed E-state index contributed by atoms with van der Waals surface area (Å²) in [5.41, 5.74) is 3.78. The molecule has 7 rings (SSSR count). The highest BCUT2D eigenvalue weighted by Crippen LogP contribution is 2.59. The third-order valence-corrected chi connectivity index (χ3v) is 13.3. The van der Waals surface area contributed by atoms with Crippen LogP contribution in [0.1, 0.15) is 48.4 Å². The van der Waals surface area contributed by atoms with Crippen molar-refractivity contribution in [2.24, 2.45) is 5.92 Å². The normalized spacial score (nSPS) is 27.1. The maximum Gasteiger partial charge on any atom is 0.264 e. The lowest BCUT2D eigenvalue weighted by Gasteiger charge is -2.37. The molecule has 47 heavy (non-hydrogen) atoms. The lowest BCUT2D eigenvalue weighted by atomic mass is 9.82. The van der Waals surface area contributed by atoms with E-state index >= 15 is 0 Å². The van der Waals surface area contributed by atoms with Crippen molar-refractivity contribution in [2.45, 2.75) is 82.1 Å². The Balaban J connectivity index is 1.18. The number of nitrogens with zero attached hydrogens (tertiary/aromatic N) is 3. The van der Waals surface area contributed by atoms with Crippen molar-refractivity contribution in [3.63, 3.8) is 0 Å². The number of hydrogen-bond donors (Lipinski definition) is 2. The molecule has 4 aliphatic rings. The Kier molecular flexibility index (Phi) is 8.11. The summed E-state index contributed by atoms with van der Waals surface area (Å²) < 4.78 is 6.90. The van der Waals surface area contributed by atoms with Gasteiger partial charge in [-0.3, -0.25) is 14.4 Å². The van der Waals surface area contributed by atoms with Crippen LogP contribution in [0.5, 0.6) is 0 Å². The third kappa shape index (κ3) is 5.31. The largest absolute Gasteiger partial charge is 0.432 e. The van der Waals surface area contributed by atoms with Gasteiger partial charge in [0.1, 0.15) is 0 Å². The molecule has 0 saturated carbocycles. The molecular weight excluding hydrogens is 611 g/mol. The van der Waals surface area contributed by atoms with Crippen molar-refractivity contribution in [3.05, 3.63) is 95.1 Å². The Bertz CT molecular complexity index is 1710. The van der Waals surface area contributed by atoms with Gasteiger partial charge in [0.15, 0.2) is 13.9 Å². The summed E-state index contributed by atoms with van der Waals surface area (Å²) in [5, 5.41) is 10.2. The number of aliphatic hydroxyl groups excluding tert-OH is 1. The SMILES string of the molecule is C[C@@H]1[C@@H]([Si](C)(C)O)[C@H](CC(=O)N2Cc3ccccc3C[C@H]2CO)O[C@@]12C(=O)N(Cc1ccc(N3CCCC3=O)cc1)c1ccccc12. The quantitative estimate of drug-likeness (QED) is 0.364. The van der Waals surface area contributed by atoms with Gasteiger partial charge < -0.3 is 29.3 Å². The maximum absolute atomic E-state index is 14.7. The average Bonchev–Trinajstić information content (AvgIpc) is 3.69. The van der Waals surface area contributed by atoms with E-state index in [0.29, 0.717) is 25.9 Å². The molecule has 10 heteroatoms. The van der Waals surface area contributed by atoms with Crippen LogP contribution in [0.25, 0.3) is 0 Å². The van der Waals surface area contributed by atoms with Crippen LogP contribution in [0.3, 0.4) is 0 Å². The zero-order chi connectivity index (χ0) is 33.1. The zero-order valence-corrected chi connectivity index (χ0v) is 28.3. The van der Waals surface area contributed by atoms with Crippen LogP contribution < -0.4 is 9.80 Å². The summed E-state index contributed by atoms with van der Waals surface area (Å²) in [4.78, 5) is 58.0. The minimum atomic E-state index is -2.96. The summed E-state index contributed by atoms with van der Waals surface area (Å²) in [5.74, 6) is -0.595. The lowest BCUT2D eigenvalue weighted by Crippen LogP contribution is -2.48. The Morgan fingerprint density at radius 3 is 2.38 bits per heavy atom. The molecule has 3 aromatic rings. The molecule has 2 saturated heterocycles. The van der Waals surface area contributed by atoms with E-state index in [-0.39, 0.29) is 48.3 Å². The molecule has 5 atom stereocenters. The van der Waals surface area contributed by atoms with E-state index in [1.807, 2.05) is 92.8 Å². The van der Waals surface area contributed by atoms with Crippen molar-refractivity contribution in [3.8, 4) is 0 Å². The molecular formula is C37H43N3O6Si. The van der Waals surface area contributed by atoms with Crippen LogP contribution in [0.15, 0.2) is 72.8 Å². The van der Waals surface area contributed by atoms with Crippen molar-refractivity contribution in [1.82, 2.24) is 4.90 Å². The minimum absolute atomic E-state index is 0.0124. The molecule has 4 heterocycles. The first-order chi connectivity index (χ1) is 22.5. The molecule has 0 unspecified atom stereocenters. The number of rotatable bonds is 7. The fourth-order valence-corrected chi connectivity index (χ4v) is 11.2. The smallest absolute Gasteiger partial charge is 0.264 e. The van der Waals surface area contributed by atoms with E-state index in [1.54, 1.807) is 14.7 Å². The molecule has 3 aromatic carbocycles. The van der Waals surface area contributed by atoms with Crippen LogP contribution in [0, 0.1) is 5.92 Å². The number of amides is 3. The topological polar surface area (TPSA) is 111 Å². The van der Waals surface area contributed by atoms with Gasteiger partial charge in [-0.1, -0.05) is 61.5 Å². The summed E-state index contributed by atoms with van der Waals surface area (Å²) in [6.45, 7) is 6.99. The Morgan fingerprint density at radius 1 is 1.00 bits per heavy atom. The molecule has 0 bridgehead atoms. The second-order valence-corrected chi connectivity index (χ2v) is 18.1. The van der Waals surface area contributed by atoms with Gasteiger partial charge >= 0.3 is 0 Å². The van der Waals surface area contributed by atoms with Crippen LogP contribution >= 0.6 is 0 Å².